The number of nitrogens with zero attached hydrogens (tertiary/aromatic N) is 4. The maximum absolute atomic E-state index is 9.82. The predicted octanol–water partition coefficient (Wildman–Crippen LogP) is 3.20. The van der Waals surface area contributed by atoms with Gasteiger partial charge >= 0.3 is 0 Å². The Labute approximate surface area is 140 Å². The van der Waals surface area contributed by atoms with Gasteiger partial charge in [0.15, 0.2) is 10.8 Å². The van der Waals surface area contributed by atoms with Crippen molar-refractivity contribution in [3.63, 3.8) is 0 Å². The van der Waals surface area contributed by atoms with Gasteiger partial charge in [-0.25, -0.2) is 0 Å². The summed E-state index contributed by atoms with van der Waals surface area (Å²) in [4.78, 5) is 0. The summed E-state index contributed by atoms with van der Waals surface area (Å²) < 4.78 is 0. The van der Waals surface area contributed by atoms with E-state index in [9.17, 15) is 21.0 Å². The molecular formula is C20H12N4. The molecule has 0 heterocycles. The molecule has 0 amide bonds. The molecule has 4 unspecified atom stereocenters. The van der Waals surface area contributed by atoms with Crippen LogP contribution < -0.4 is 0 Å². The highest BCUT2D eigenvalue weighted by molar-refractivity contribution is 5.76. The van der Waals surface area contributed by atoms with Gasteiger partial charge in [0.25, 0.3) is 0 Å². The lowest BCUT2D eigenvalue weighted by molar-refractivity contribution is 0.0152. The monoisotopic (exact) mass is 308 g/mol. The molecule has 4 aliphatic rings. The first-order valence-electron chi connectivity index (χ1n) is 7.79. The van der Waals surface area contributed by atoms with Gasteiger partial charge in [-0.15, -0.1) is 0 Å². The number of allylic oxidation sites excluding steroid dienone is 4. The van der Waals surface area contributed by atoms with Crippen molar-refractivity contribution in [1.29, 1.82) is 21.0 Å². The molecule has 5 rings (SSSR count). The van der Waals surface area contributed by atoms with Crippen LogP contribution in [0.2, 0.25) is 0 Å². The van der Waals surface area contributed by atoms with Crippen LogP contribution >= 0.6 is 0 Å². The van der Waals surface area contributed by atoms with Gasteiger partial charge in [0.1, 0.15) is 0 Å². The van der Waals surface area contributed by atoms with Gasteiger partial charge in [-0.05, 0) is 17.1 Å². The van der Waals surface area contributed by atoms with E-state index in [2.05, 4.69) is 18.2 Å². The number of hydrogen-bond donors (Lipinski definition) is 0. The van der Waals surface area contributed by atoms with Crippen molar-refractivity contribution in [2.24, 2.45) is 34.5 Å². The minimum Gasteiger partial charge on any atom is -0.196 e. The lowest BCUT2D eigenvalue weighted by Gasteiger charge is -2.59. The van der Waals surface area contributed by atoms with Crippen LogP contribution in [0.1, 0.15) is 5.56 Å². The number of rotatable bonds is 1. The first kappa shape index (κ1) is 14.3. The topological polar surface area (TPSA) is 95.2 Å². The van der Waals surface area contributed by atoms with Crippen molar-refractivity contribution >= 4 is 5.57 Å². The number of fused-ring (bicyclic) bond motifs is 1. The van der Waals surface area contributed by atoms with E-state index in [0.29, 0.717) is 0 Å². The fourth-order valence-electron chi connectivity index (χ4n) is 4.75. The first-order chi connectivity index (χ1) is 11.7. The maximum atomic E-state index is 9.82. The Morgan fingerprint density at radius 3 is 1.88 bits per heavy atom. The molecule has 4 atom stereocenters. The fourth-order valence-corrected chi connectivity index (χ4v) is 4.75. The van der Waals surface area contributed by atoms with E-state index in [-0.39, 0.29) is 11.8 Å². The third-order valence-electron chi connectivity index (χ3n) is 5.91. The third kappa shape index (κ3) is 1.31. The van der Waals surface area contributed by atoms with Crippen LogP contribution in [0.5, 0.6) is 0 Å². The second-order valence-electron chi connectivity index (χ2n) is 6.59. The maximum Gasteiger partial charge on any atom is 0.182 e. The minimum atomic E-state index is -1.63. The number of hydrogen-bond acceptors (Lipinski definition) is 4. The summed E-state index contributed by atoms with van der Waals surface area (Å²) in [5.41, 5.74) is -1.07. The Kier molecular flexibility index (Phi) is 2.72. The van der Waals surface area contributed by atoms with Crippen LogP contribution in [-0.2, 0) is 0 Å². The Morgan fingerprint density at radius 1 is 0.750 bits per heavy atom. The summed E-state index contributed by atoms with van der Waals surface area (Å²) in [5, 5.41) is 39.1. The second-order valence-corrected chi connectivity index (χ2v) is 6.59. The van der Waals surface area contributed by atoms with Gasteiger partial charge in [0.2, 0.25) is 0 Å². The van der Waals surface area contributed by atoms with Crippen molar-refractivity contribution in [2.45, 2.75) is 0 Å². The summed E-state index contributed by atoms with van der Waals surface area (Å²) in [6.07, 6.45) is 5.84. The van der Waals surface area contributed by atoms with Gasteiger partial charge < -0.3 is 0 Å². The molecule has 1 aromatic carbocycles. The zero-order chi connectivity index (χ0) is 16.9. The number of benzene rings is 1. The van der Waals surface area contributed by atoms with Crippen LogP contribution in [-0.4, -0.2) is 0 Å². The van der Waals surface area contributed by atoms with E-state index in [1.54, 1.807) is 0 Å². The first-order valence-corrected chi connectivity index (χ1v) is 7.79. The molecule has 0 N–H and O–H groups in total. The largest absolute Gasteiger partial charge is 0.196 e. The SMILES string of the molecule is N#CC1(C#N)C2C=CC(C3C(c4ccccc4)=CC32)C1(C#N)C#N. The van der Waals surface area contributed by atoms with Crippen LogP contribution in [0.3, 0.4) is 0 Å². The lowest BCUT2D eigenvalue weighted by atomic mass is 9.37. The summed E-state index contributed by atoms with van der Waals surface area (Å²) in [7, 11) is 0. The smallest absolute Gasteiger partial charge is 0.182 e. The van der Waals surface area contributed by atoms with Gasteiger partial charge in [-0.3, -0.25) is 0 Å². The van der Waals surface area contributed by atoms with E-state index < -0.39 is 22.7 Å². The highest BCUT2D eigenvalue weighted by atomic mass is 14.7. The van der Waals surface area contributed by atoms with E-state index in [4.69, 9.17) is 0 Å². The quantitative estimate of drug-likeness (QED) is 0.744. The molecule has 0 radical (unpaired) electrons. The zero-order valence-electron chi connectivity index (χ0n) is 12.7. The van der Waals surface area contributed by atoms with Gasteiger partial charge in [-0.1, -0.05) is 48.6 Å². The Bertz CT molecular complexity index is 915. The Morgan fingerprint density at radius 2 is 1.29 bits per heavy atom. The molecule has 1 aromatic rings. The molecular weight excluding hydrogens is 296 g/mol. The minimum absolute atomic E-state index is 0.0107. The van der Waals surface area contributed by atoms with E-state index in [0.717, 1.165) is 11.1 Å². The van der Waals surface area contributed by atoms with E-state index >= 15 is 0 Å². The molecule has 24 heavy (non-hydrogen) atoms. The normalized spacial score (nSPS) is 32.8. The standard InChI is InChI=1S/C20H12N4/c21-9-19(10-22)16-6-7-17(20(19,11-23)12-24)18-14(8-15(16)18)13-4-2-1-3-5-13/h1-8,15-18H. The van der Waals surface area contributed by atoms with Crippen LogP contribution in [0.25, 0.3) is 5.57 Å². The average molecular weight is 308 g/mol. The molecule has 4 heteroatoms. The molecule has 0 aliphatic heterocycles. The highest BCUT2D eigenvalue weighted by Crippen LogP contribution is 2.69. The number of nitriles is 4. The van der Waals surface area contributed by atoms with Gasteiger partial charge in [0, 0.05) is 17.8 Å². The average Bonchev–Trinajstić information content (AvgIpc) is 2.62. The molecule has 1 fully saturated rings. The van der Waals surface area contributed by atoms with E-state index in [1.165, 1.54) is 0 Å². The molecule has 4 aliphatic carbocycles. The highest BCUT2D eigenvalue weighted by Gasteiger charge is 2.72. The van der Waals surface area contributed by atoms with Gasteiger partial charge in [-0.2, -0.15) is 21.0 Å². The van der Waals surface area contributed by atoms with Crippen molar-refractivity contribution < 1.29 is 0 Å². The molecule has 112 valence electrons. The fraction of sp³-hybridized carbons (Fsp3) is 0.300. The molecule has 1 saturated carbocycles. The molecule has 0 aromatic heterocycles. The van der Waals surface area contributed by atoms with Crippen molar-refractivity contribution in [3.05, 3.63) is 54.1 Å². The third-order valence-corrected chi connectivity index (χ3v) is 5.91. The molecule has 0 saturated heterocycles. The van der Waals surface area contributed by atoms with Crippen molar-refractivity contribution in [3.8, 4) is 24.3 Å². The van der Waals surface area contributed by atoms with Crippen molar-refractivity contribution in [2.75, 3.05) is 0 Å². The summed E-state index contributed by atoms with van der Waals surface area (Å²) >= 11 is 0. The van der Waals surface area contributed by atoms with Crippen LogP contribution in [0.4, 0.5) is 0 Å². The van der Waals surface area contributed by atoms with E-state index in [1.807, 2.05) is 54.6 Å². The zero-order valence-corrected chi connectivity index (χ0v) is 12.7. The van der Waals surface area contributed by atoms with Crippen LogP contribution in [0, 0.1) is 79.8 Å². The Hall–Kier alpha value is -3.34. The van der Waals surface area contributed by atoms with Crippen molar-refractivity contribution in [1.82, 2.24) is 0 Å². The second kappa shape index (κ2) is 4.58. The summed E-state index contributed by atoms with van der Waals surface area (Å²) in [5.74, 6) is -0.822. The molecule has 4 nitrogen and oxygen atoms in total. The van der Waals surface area contributed by atoms with Gasteiger partial charge in [0.05, 0.1) is 24.3 Å². The molecule has 2 bridgehead atoms. The summed E-state index contributed by atoms with van der Waals surface area (Å²) in [6, 6.07) is 18.1. The lowest BCUT2D eigenvalue weighted by Crippen LogP contribution is -2.62. The summed E-state index contributed by atoms with van der Waals surface area (Å²) in [6.45, 7) is 0. The Balaban J connectivity index is 1.92. The molecule has 0 spiro atoms. The van der Waals surface area contributed by atoms with Crippen LogP contribution in [0.15, 0.2) is 48.6 Å². The predicted molar refractivity (Wildman–Crippen MR) is 84.8 cm³/mol.